The standard InChI is InChI=1S/C23H31F2N5O3S/c1-15-27-21(29-33-15)12-22(31)26-13-17-4-2-16(3-5-17)6-9-30-10-7-18-19(8-11-30)34-23(28-18)32-14-20(24)25/h13,16-17,20H,2-12,14H2,1H3/b26-13-. The van der Waals surface area contributed by atoms with Crippen LogP contribution in [-0.2, 0) is 24.1 Å². The molecule has 4 rings (SSSR count). The largest absolute Gasteiger partial charge is 0.464 e. The molecule has 0 saturated heterocycles. The number of amides is 1. The fraction of sp³-hybridized carbons (Fsp3) is 0.696. The van der Waals surface area contributed by atoms with Gasteiger partial charge in [0.15, 0.2) is 12.4 Å². The van der Waals surface area contributed by atoms with Gasteiger partial charge >= 0.3 is 0 Å². The van der Waals surface area contributed by atoms with Crippen LogP contribution in [-0.4, -0.2) is 64.8 Å². The van der Waals surface area contributed by atoms with Gasteiger partial charge in [-0.3, -0.25) is 4.79 Å². The number of hydrogen-bond acceptors (Lipinski definition) is 8. The van der Waals surface area contributed by atoms with Crippen molar-refractivity contribution < 1.29 is 22.8 Å². The molecule has 1 aliphatic heterocycles. The monoisotopic (exact) mass is 495 g/mol. The quantitative estimate of drug-likeness (QED) is 0.487. The van der Waals surface area contributed by atoms with Crippen LogP contribution in [0.3, 0.4) is 0 Å². The molecule has 0 bridgehead atoms. The molecule has 0 spiro atoms. The number of aromatic nitrogens is 3. The molecule has 2 aromatic rings. The zero-order chi connectivity index (χ0) is 23.9. The van der Waals surface area contributed by atoms with E-state index >= 15 is 0 Å². The molecule has 0 aromatic carbocycles. The summed E-state index contributed by atoms with van der Waals surface area (Å²) in [5.74, 6) is 1.65. The van der Waals surface area contributed by atoms with Crippen molar-refractivity contribution >= 4 is 23.5 Å². The van der Waals surface area contributed by atoms with E-state index in [2.05, 4.69) is 25.0 Å². The number of fused-ring (bicyclic) bond motifs is 1. The van der Waals surface area contributed by atoms with E-state index in [4.69, 9.17) is 9.26 Å². The summed E-state index contributed by atoms with van der Waals surface area (Å²) in [4.78, 5) is 28.2. The van der Waals surface area contributed by atoms with Crippen molar-refractivity contribution in [1.82, 2.24) is 20.0 Å². The molecular formula is C23H31F2N5O3S. The van der Waals surface area contributed by atoms with Crippen molar-refractivity contribution in [3.8, 4) is 5.19 Å². The van der Waals surface area contributed by atoms with Crippen LogP contribution in [0.5, 0.6) is 5.19 Å². The van der Waals surface area contributed by atoms with Crippen LogP contribution >= 0.6 is 11.3 Å². The molecule has 1 fully saturated rings. The molecular weight excluding hydrogens is 464 g/mol. The third-order valence-corrected chi connectivity index (χ3v) is 7.53. The Morgan fingerprint density at radius 1 is 1.26 bits per heavy atom. The SMILES string of the molecule is Cc1nc(CC(=O)/N=C\C2CCC(CCN3CCc4nc(OCC(F)F)sc4CC3)CC2)no1. The molecule has 2 aromatic heterocycles. The van der Waals surface area contributed by atoms with Gasteiger partial charge in [-0.05, 0) is 56.9 Å². The number of thiazole rings is 1. The first-order chi connectivity index (χ1) is 16.4. The van der Waals surface area contributed by atoms with E-state index in [1.807, 2.05) is 6.21 Å². The minimum absolute atomic E-state index is 0.0746. The first-order valence-corrected chi connectivity index (χ1v) is 12.7. The molecule has 0 radical (unpaired) electrons. The van der Waals surface area contributed by atoms with Crippen LogP contribution < -0.4 is 4.74 Å². The van der Waals surface area contributed by atoms with E-state index in [0.717, 1.165) is 68.7 Å². The maximum Gasteiger partial charge on any atom is 0.273 e. The number of alkyl halides is 2. The number of aryl methyl sites for hydroxylation is 1. The van der Waals surface area contributed by atoms with E-state index in [1.54, 1.807) is 6.92 Å². The Bertz CT molecular complexity index is 946. The number of ether oxygens (including phenoxy) is 1. The molecule has 1 saturated carbocycles. The zero-order valence-corrected chi connectivity index (χ0v) is 20.2. The molecule has 0 N–H and O–H groups in total. The van der Waals surface area contributed by atoms with Gasteiger partial charge in [0.25, 0.3) is 17.5 Å². The van der Waals surface area contributed by atoms with Crippen molar-refractivity contribution in [2.75, 3.05) is 26.2 Å². The summed E-state index contributed by atoms with van der Waals surface area (Å²) < 4.78 is 34.7. The molecule has 1 amide bonds. The number of halogens is 2. The van der Waals surface area contributed by atoms with Crippen molar-refractivity contribution in [3.05, 3.63) is 22.3 Å². The lowest BCUT2D eigenvalue weighted by Gasteiger charge is -2.28. The lowest BCUT2D eigenvalue weighted by atomic mass is 9.81. The fourth-order valence-electron chi connectivity index (χ4n) is 4.58. The first-order valence-electron chi connectivity index (χ1n) is 11.9. The number of nitrogens with zero attached hydrogens (tertiary/aromatic N) is 5. The number of aliphatic imine (C=N–C) groups is 1. The van der Waals surface area contributed by atoms with E-state index in [9.17, 15) is 13.6 Å². The van der Waals surface area contributed by atoms with E-state index in [-0.39, 0.29) is 12.3 Å². The maximum atomic E-state index is 12.3. The van der Waals surface area contributed by atoms with Gasteiger partial charge in [-0.2, -0.15) is 4.98 Å². The smallest absolute Gasteiger partial charge is 0.273 e. The van der Waals surface area contributed by atoms with Gasteiger partial charge in [-0.1, -0.05) is 16.5 Å². The van der Waals surface area contributed by atoms with Gasteiger partial charge in [-0.15, -0.1) is 0 Å². The minimum atomic E-state index is -2.48. The van der Waals surface area contributed by atoms with Gasteiger partial charge in [0, 0.05) is 37.5 Å². The lowest BCUT2D eigenvalue weighted by molar-refractivity contribution is -0.117. The van der Waals surface area contributed by atoms with Crippen molar-refractivity contribution in [2.45, 2.75) is 64.7 Å². The summed E-state index contributed by atoms with van der Waals surface area (Å²) in [5.41, 5.74) is 1.00. The Kier molecular flexibility index (Phi) is 8.71. The van der Waals surface area contributed by atoms with Gasteiger partial charge in [0.1, 0.15) is 0 Å². The van der Waals surface area contributed by atoms with Crippen LogP contribution in [0.4, 0.5) is 8.78 Å². The number of rotatable bonds is 9. The van der Waals surface area contributed by atoms with Crippen LogP contribution in [0.1, 0.15) is 54.4 Å². The third-order valence-electron chi connectivity index (χ3n) is 6.46. The topological polar surface area (TPSA) is 93.7 Å². The Hall–Kier alpha value is -2.27. The summed E-state index contributed by atoms with van der Waals surface area (Å²) in [7, 11) is 0. The average molecular weight is 496 g/mol. The molecule has 11 heteroatoms. The van der Waals surface area contributed by atoms with Crippen LogP contribution in [0.15, 0.2) is 9.52 Å². The summed E-state index contributed by atoms with van der Waals surface area (Å²) in [6.45, 7) is 4.07. The molecule has 1 aliphatic carbocycles. The number of carbonyl (C=O) groups is 1. The Morgan fingerprint density at radius 3 is 2.79 bits per heavy atom. The Labute approximate surface area is 201 Å². The van der Waals surface area contributed by atoms with Gasteiger partial charge in [-0.25, -0.2) is 18.8 Å². The molecule has 0 unspecified atom stereocenters. The van der Waals surface area contributed by atoms with Crippen molar-refractivity contribution in [2.24, 2.45) is 16.8 Å². The summed E-state index contributed by atoms with van der Waals surface area (Å²) in [6.07, 6.45) is 6.74. The second-order valence-corrected chi connectivity index (χ2v) is 10.1. The Balaban J connectivity index is 1.13. The predicted molar refractivity (Wildman–Crippen MR) is 124 cm³/mol. The summed E-state index contributed by atoms with van der Waals surface area (Å²) >= 11 is 1.41. The fourth-order valence-corrected chi connectivity index (χ4v) is 5.53. The van der Waals surface area contributed by atoms with E-state index < -0.39 is 13.0 Å². The Morgan fingerprint density at radius 2 is 2.06 bits per heavy atom. The molecule has 34 heavy (non-hydrogen) atoms. The molecule has 0 atom stereocenters. The lowest BCUT2D eigenvalue weighted by Crippen LogP contribution is -2.29. The highest BCUT2D eigenvalue weighted by molar-refractivity contribution is 7.13. The molecule has 8 nitrogen and oxygen atoms in total. The van der Waals surface area contributed by atoms with Gasteiger partial charge < -0.3 is 14.2 Å². The maximum absolute atomic E-state index is 12.3. The first kappa shape index (κ1) is 24.8. The van der Waals surface area contributed by atoms with E-state index in [1.165, 1.54) is 17.8 Å². The molecule has 186 valence electrons. The van der Waals surface area contributed by atoms with E-state index in [0.29, 0.717) is 28.7 Å². The highest BCUT2D eigenvalue weighted by Crippen LogP contribution is 2.31. The number of carbonyl (C=O) groups excluding carboxylic acids is 1. The summed E-state index contributed by atoms with van der Waals surface area (Å²) in [6, 6.07) is 0. The minimum Gasteiger partial charge on any atom is -0.464 e. The highest BCUT2D eigenvalue weighted by Gasteiger charge is 2.23. The normalized spacial score (nSPS) is 21.6. The van der Waals surface area contributed by atoms with Crippen LogP contribution in [0, 0.1) is 18.8 Å². The zero-order valence-electron chi connectivity index (χ0n) is 19.4. The third kappa shape index (κ3) is 7.36. The highest BCUT2D eigenvalue weighted by atomic mass is 32.1. The second-order valence-electron chi connectivity index (χ2n) is 9.04. The van der Waals surface area contributed by atoms with Crippen LogP contribution in [0.25, 0.3) is 0 Å². The predicted octanol–water partition coefficient (Wildman–Crippen LogP) is 3.92. The van der Waals surface area contributed by atoms with Crippen molar-refractivity contribution in [3.63, 3.8) is 0 Å². The number of hydrogen-bond donors (Lipinski definition) is 0. The van der Waals surface area contributed by atoms with Crippen LogP contribution in [0.2, 0.25) is 0 Å². The van der Waals surface area contributed by atoms with Gasteiger partial charge in [0.2, 0.25) is 5.89 Å². The average Bonchev–Trinajstić information content (AvgIpc) is 3.36. The second kappa shape index (κ2) is 11.9. The van der Waals surface area contributed by atoms with Gasteiger partial charge in [0.05, 0.1) is 12.1 Å². The van der Waals surface area contributed by atoms with Crippen molar-refractivity contribution in [1.29, 1.82) is 0 Å². The summed E-state index contributed by atoms with van der Waals surface area (Å²) in [5, 5.41) is 4.10. The molecule has 2 aliphatic rings. The molecule has 3 heterocycles.